The van der Waals surface area contributed by atoms with Crippen molar-refractivity contribution in [1.82, 2.24) is 0 Å². The van der Waals surface area contributed by atoms with E-state index in [1.54, 1.807) is 7.11 Å². The number of nitrogens with two attached hydrogens (primary N) is 1. The molecule has 1 heterocycles. The van der Waals surface area contributed by atoms with E-state index in [1.165, 1.54) is 0 Å². The maximum atomic E-state index is 5.97. The summed E-state index contributed by atoms with van der Waals surface area (Å²) in [7, 11) is 1.78. The third-order valence-corrected chi connectivity index (χ3v) is 3.36. The van der Waals surface area contributed by atoms with E-state index in [0.717, 1.165) is 43.1 Å². The van der Waals surface area contributed by atoms with Crippen molar-refractivity contribution in [2.75, 3.05) is 30.8 Å². The maximum absolute atomic E-state index is 5.97. The molecule has 4 nitrogen and oxygen atoms in total. The van der Waals surface area contributed by atoms with Gasteiger partial charge >= 0.3 is 0 Å². The van der Waals surface area contributed by atoms with Crippen LogP contribution in [0.25, 0.3) is 0 Å². The highest BCUT2D eigenvalue weighted by Crippen LogP contribution is 2.28. The predicted octanol–water partition coefficient (Wildman–Crippen LogP) is 2.67. The van der Waals surface area contributed by atoms with Gasteiger partial charge in [-0.15, -0.1) is 0 Å². The van der Waals surface area contributed by atoms with Crippen molar-refractivity contribution in [3.8, 4) is 5.75 Å². The number of anilines is 2. The monoisotopic (exact) mass is 264 g/mol. The summed E-state index contributed by atoms with van der Waals surface area (Å²) in [5, 5.41) is 0. The smallest absolute Gasteiger partial charge is 0.123 e. The van der Waals surface area contributed by atoms with Gasteiger partial charge in [-0.25, -0.2) is 0 Å². The van der Waals surface area contributed by atoms with Crippen LogP contribution in [0.15, 0.2) is 18.2 Å². The van der Waals surface area contributed by atoms with Crippen molar-refractivity contribution >= 4 is 11.4 Å². The summed E-state index contributed by atoms with van der Waals surface area (Å²) in [6.07, 6.45) is 2.74. The van der Waals surface area contributed by atoms with Gasteiger partial charge in [0.2, 0.25) is 0 Å². The van der Waals surface area contributed by atoms with Crippen molar-refractivity contribution in [2.24, 2.45) is 0 Å². The lowest BCUT2D eigenvalue weighted by Gasteiger charge is -2.34. The third-order valence-electron chi connectivity index (χ3n) is 3.36. The van der Waals surface area contributed by atoms with Gasteiger partial charge in [0, 0.05) is 43.7 Å². The fourth-order valence-electron chi connectivity index (χ4n) is 2.49. The molecule has 0 radical (unpaired) electrons. The van der Waals surface area contributed by atoms with Crippen LogP contribution in [0.2, 0.25) is 0 Å². The Kier molecular flexibility index (Phi) is 4.53. The van der Waals surface area contributed by atoms with Gasteiger partial charge in [0.1, 0.15) is 5.75 Å². The molecule has 106 valence electrons. The van der Waals surface area contributed by atoms with Crippen LogP contribution in [0.1, 0.15) is 26.7 Å². The van der Waals surface area contributed by atoms with Gasteiger partial charge in [0.15, 0.2) is 0 Å². The number of nitrogens with zero attached hydrogens (tertiary/aromatic N) is 1. The molecule has 0 saturated carbocycles. The molecule has 1 aliphatic heterocycles. The van der Waals surface area contributed by atoms with Crippen LogP contribution in [0.4, 0.5) is 11.4 Å². The second kappa shape index (κ2) is 6.15. The van der Waals surface area contributed by atoms with Gasteiger partial charge in [-0.05, 0) is 32.8 Å². The Morgan fingerprint density at radius 1 is 1.32 bits per heavy atom. The lowest BCUT2D eigenvalue weighted by Crippen LogP contribution is -2.39. The summed E-state index contributed by atoms with van der Waals surface area (Å²) in [6, 6.07) is 5.95. The Balaban J connectivity index is 2.16. The van der Waals surface area contributed by atoms with Crippen molar-refractivity contribution in [3.63, 3.8) is 0 Å². The Morgan fingerprint density at radius 3 is 2.79 bits per heavy atom. The highest BCUT2D eigenvalue weighted by atomic mass is 16.5. The lowest BCUT2D eigenvalue weighted by molar-refractivity contribution is 0.0893. The fourth-order valence-corrected chi connectivity index (χ4v) is 2.49. The standard InChI is InChI=1S/C15H24N2O2/c1-11(2)19-15-8-12(16)7-13(9-15)17-6-4-5-14(10-17)18-3/h7-9,11,14H,4-6,10,16H2,1-3H3. The largest absolute Gasteiger partial charge is 0.491 e. The second-order valence-electron chi connectivity index (χ2n) is 5.37. The highest BCUT2D eigenvalue weighted by molar-refractivity contribution is 5.60. The Bertz CT molecular complexity index is 421. The summed E-state index contributed by atoms with van der Waals surface area (Å²) in [5.74, 6) is 0.838. The molecule has 1 aromatic rings. The average molecular weight is 264 g/mol. The second-order valence-corrected chi connectivity index (χ2v) is 5.37. The molecule has 0 aliphatic carbocycles. The molecule has 2 N–H and O–H groups in total. The van der Waals surface area contributed by atoms with Crippen LogP contribution in [0, 0.1) is 0 Å². The van der Waals surface area contributed by atoms with Gasteiger partial charge in [-0.1, -0.05) is 0 Å². The number of methoxy groups -OCH3 is 1. The number of nitrogen functional groups attached to an aromatic ring is 1. The van der Waals surface area contributed by atoms with Crippen LogP contribution in [-0.4, -0.2) is 32.4 Å². The third kappa shape index (κ3) is 3.77. The lowest BCUT2D eigenvalue weighted by atomic mass is 10.1. The molecule has 1 atom stereocenters. The number of hydrogen-bond acceptors (Lipinski definition) is 4. The Labute approximate surface area is 115 Å². The average Bonchev–Trinajstić information content (AvgIpc) is 2.37. The molecule has 19 heavy (non-hydrogen) atoms. The molecular formula is C15H24N2O2. The quantitative estimate of drug-likeness (QED) is 0.849. The molecule has 2 rings (SSSR count). The van der Waals surface area contributed by atoms with E-state index in [9.17, 15) is 0 Å². The summed E-state index contributed by atoms with van der Waals surface area (Å²) in [5.41, 5.74) is 7.84. The van der Waals surface area contributed by atoms with Crippen LogP contribution in [-0.2, 0) is 4.74 Å². The molecule has 1 fully saturated rings. The van der Waals surface area contributed by atoms with E-state index >= 15 is 0 Å². The van der Waals surface area contributed by atoms with Crippen LogP contribution >= 0.6 is 0 Å². The first-order chi connectivity index (χ1) is 9.08. The molecule has 1 aromatic carbocycles. The van der Waals surface area contributed by atoms with Crippen LogP contribution in [0.3, 0.4) is 0 Å². The van der Waals surface area contributed by atoms with Crippen molar-refractivity contribution in [2.45, 2.75) is 38.9 Å². The van der Waals surface area contributed by atoms with Gasteiger partial charge < -0.3 is 20.1 Å². The van der Waals surface area contributed by atoms with E-state index in [4.69, 9.17) is 15.2 Å². The number of hydrogen-bond donors (Lipinski definition) is 1. The van der Waals surface area contributed by atoms with Gasteiger partial charge in [-0.3, -0.25) is 0 Å². The minimum absolute atomic E-state index is 0.155. The van der Waals surface area contributed by atoms with E-state index < -0.39 is 0 Å². The summed E-state index contributed by atoms with van der Waals surface area (Å²) in [6.45, 7) is 6.00. The first kappa shape index (κ1) is 14.0. The van der Waals surface area contributed by atoms with Crippen molar-refractivity contribution in [1.29, 1.82) is 0 Å². The van der Waals surface area contributed by atoms with Gasteiger partial charge in [0.25, 0.3) is 0 Å². The highest BCUT2D eigenvalue weighted by Gasteiger charge is 2.20. The summed E-state index contributed by atoms with van der Waals surface area (Å²) < 4.78 is 11.2. The molecule has 0 aromatic heterocycles. The van der Waals surface area contributed by atoms with E-state index in [-0.39, 0.29) is 6.10 Å². The number of rotatable bonds is 4. The summed E-state index contributed by atoms with van der Waals surface area (Å²) >= 11 is 0. The fraction of sp³-hybridized carbons (Fsp3) is 0.600. The number of piperidine rings is 1. The minimum atomic E-state index is 0.155. The van der Waals surface area contributed by atoms with Crippen LogP contribution in [0.5, 0.6) is 5.75 Å². The molecular weight excluding hydrogens is 240 g/mol. The molecule has 1 unspecified atom stereocenters. The van der Waals surface area contributed by atoms with E-state index in [1.807, 2.05) is 26.0 Å². The van der Waals surface area contributed by atoms with Crippen LogP contribution < -0.4 is 15.4 Å². The molecule has 1 saturated heterocycles. The normalized spacial score (nSPS) is 19.8. The maximum Gasteiger partial charge on any atom is 0.123 e. The zero-order valence-corrected chi connectivity index (χ0v) is 12.1. The predicted molar refractivity (Wildman–Crippen MR) is 78.9 cm³/mol. The Hall–Kier alpha value is -1.42. The minimum Gasteiger partial charge on any atom is -0.491 e. The molecule has 0 bridgehead atoms. The number of benzene rings is 1. The molecule has 4 heteroatoms. The molecule has 0 spiro atoms. The zero-order chi connectivity index (χ0) is 13.8. The van der Waals surface area contributed by atoms with Crippen molar-refractivity contribution < 1.29 is 9.47 Å². The van der Waals surface area contributed by atoms with Gasteiger partial charge in [0.05, 0.1) is 12.2 Å². The first-order valence-corrected chi connectivity index (χ1v) is 6.93. The molecule has 0 amide bonds. The zero-order valence-electron chi connectivity index (χ0n) is 12.1. The van der Waals surface area contributed by atoms with E-state index in [0.29, 0.717) is 6.10 Å². The summed E-state index contributed by atoms with van der Waals surface area (Å²) in [4.78, 5) is 2.32. The van der Waals surface area contributed by atoms with Crippen molar-refractivity contribution in [3.05, 3.63) is 18.2 Å². The topological polar surface area (TPSA) is 47.7 Å². The Morgan fingerprint density at radius 2 is 2.11 bits per heavy atom. The SMILES string of the molecule is COC1CCCN(c2cc(N)cc(OC(C)C)c2)C1. The number of ether oxygens (including phenoxy) is 2. The van der Waals surface area contributed by atoms with E-state index in [2.05, 4.69) is 11.0 Å². The molecule has 1 aliphatic rings. The van der Waals surface area contributed by atoms with Gasteiger partial charge in [-0.2, -0.15) is 0 Å². The first-order valence-electron chi connectivity index (χ1n) is 6.93.